The highest BCUT2D eigenvalue weighted by atomic mass is 35.5. The predicted octanol–water partition coefficient (Wildman–Crippen LogP) is 7.12. The second kappa shape index (κ2) is 12.8. The first-order valence-corrected chi connectivity index (χ1v) is 11.6. The Balaban J connectivity index is 1.70. The van der Waals surface area contributed by atoms with Crippen molar-refractivity contribution >= 4 is 52.1 Å². The van der Waals surface area contributed by atoms with Gasteiger partial charge in [-0.25, -0.2) is 4.98 Å². The number of halogens is 4. The Labute approximate surface area is 220 Å². The van der Waals surface area contributed by atoms with Crippen molar-refractivity contribution in [1.29, 1.82) is 0 Å². The van der Waals surface area contributed by atoms with Gasteiger partial charge in [-0.15, -0.1) is 0 Å². The van der Waals surface area contributed by atoms with Gasteiger partial charge in [-0.05, 0) is 42.3 Å². The topological polar surface area (TPSA) is 104 Å². The third-order valence-corrected chi connectivity index (χ3v) is 5.48. The van der Waals surface area contributed by atoms with Gasteiger partial charge in [-0.3, -0.25) is 10.1 Å². The minimum Gasteiger partial charge on any atom is -0.489 e. The molecule has 1 atom stereocenters. The molecule has 0 amide bonds. The lowest BCUT2D eigenvalue weighted by Crippen LogP contribution is -2.17. The number of non-ortho nitro benzene ring substituents is 1. The summed E-state index contributed by atoms with van der Waals surface area (Å²) in [5, 5.41) is 22.3. The third-order valence-electron chi connectivity index (χ3n) is 4.50. The van der Waals surface area contributed by atoms with Crippen molar-refractivity contribution in [3.8, 4) is 23.1 Å². The fourth-order valence-corrected chi connectivity index (χ4v) is 3.66. The van der Waals surface area contributed by atoms with E-state index in [4.69, 9.17) is 60.6 Å². The van der Waals surface area contributed by atoms with Gasteiger partial charge < -0.3 is 19.3 Å². The minimum absolute atomic E-state index is 0.0238. The molecule has 184 valence electrons. The Hall–Kier alpha value is -2.75. The molecule has 0 aliphatic heterocycles. The molecule has 12 heteroatoms. The van der Waals surface area contributed by atoms with E-state index in [1.54, 1.807) is 30.3 Å². The van der Waals surface area contributed by atoms with Crippen molar-refractivity contribution in [3.05, 3.63) is 91.0 Å². The molecule has 0 radical (unpaired) electrons. The van der Waals surface area contributed by atoms with Crippen LogP contribution in [-0.4, -0.2) is 27.9 Å². The van der Waals surface area contributed by atoms with Crippen molar-refractivity contribution in [2.75, 3.05) is 6.61 Å². The van der Waals surface area contributed by atoms with Crippen LogP contribution in [0.4, 0.5) is 5.69 Å². The van der Waals surface area contributed by atoms with Crippen LogP contribution in [-0.2, 0) is 6.42 Å². The SMILES string of the molecule is O=[N+]([O-])c1ccc(Oc2ccccn2)c(OC(O)CCc2c(Cl)cc(OCC=C(Cl)Cl)cc2Cl)c1. The normalized spacial score (nSPS) is 11.5. The molecule has 35 heavy (non-hydrogen) atoms. The zero-order chi connectivity index (χ0) is 25.4. The first-order chi connectivity index (χ1) is 16.7. The average molecular weight is 560 g/mol. The second-order valence-corrected chi connectivity index (χ2v) is 8.76. The largest absolute Gasteiger partial charge is 0.489 e. The number of ether oxygens (including phenoxy) is 3. The van der Waals surface area contributed by atoms with Crippen LogP contribution in [0.15, 0.2) is 65.3 Å². The third kappa shape index (κ3) is 8.16. The number of nitro groups is 1. The molecular formula is C23H18Cl4N2O6. The Kier molecular flexibility index (Phi) is 9.83. The number of hydrogen-bond acceptors (Lipinski definition) is 7. The molecule has 8 nitrogen and oxygen atoms in total. The summed E-state index contributed by atoms with van der Waals surface area (Å²) < 4.78 is 16.8. The lowest BCUT2D eigenvalue weighted by atomic mass is 10.1. The summed E-state index contributed by atoms with van der Waals surface area (Å²) in [5.74, 6) is 0.797. The van der Waals surface area contributed by atoms with Crippen LogP contribution in [0.25, 0.3) is 0 Å². The fraction of sp³-hybridized carbons (Fsp3) is 0.174. The number of aliphatic hydroxyl groups is 1. The van der Waals surface area contributed by atoms with E-state index >= 15 is 0 Å². The molecule has 0 saturated carbocycles. The van der Waals surface area contributed by atoms with Crippen LogP contribution in [0.2, 0.25) is 10.0 Å². The molecule has 3 rings (SSSR count). The maximum absolute atomic E-state index is 11.2. The molecule has 1 N–H and O–H groups in total. The van der Waals surface area contributed by atoms with Gasteiger partial charge in [0.05, 0.1) is 11.0 Å². The highest BCUT2D eigenvalue weighted by Gasteiger charge is 2.18. The molecule has 0 fully saturated rings. The number of pyridine rings is 1. The van der Waals surface area contributed by atoms with E-state index in [0.717, 1.165) is 6.07 Å². The van der Waals surface area contributed by atoms with Crippen molar-refractivity contribution in [2.24, 2.45) is 0 Å². The van der Waals surface area contributed by atoms with E-state index in [2.05, 4.69) is 4.98 Å². The van der Waals surface area contributed by atoms with Crippen LogP contribution in [0.3, 0.4) is 0 Å². The Bertz CT molecular complexity index is 1180. The number of rotatable bonds is 11. The van der Waals surface area contributed by atoms with Gasteiger partial charge in [-0.2, -0.15) is 0 Å². The van der Waals surface area contributed by atoms with Crippen LogP contribution in [0.1, 0.15) is 12.0 Å². The Morgan fingerprint density at radius 3 is 2.49 bits per heavy atom. The van der Waals surface area contributed by atoms with Crippen molar-refractivity contribution in [2.45, 2.75) is 19.1 Å². The summed E-state index contributed by atoms with van der Waals surface area (Å²) >= 11 is 23.8. The highest BCUT2D eigenvalue weighted by molar-refractivity contribution is 6.55. The van der Waals surface area contributed by atoms with Crippen LogP contribution in [0.5, 0.6) is 23.1 Å². The first-order valence-electron chi connectivity index (χ1n) is 10.1. The van der Waals surface area contributed by atoms with Gasteiger partial charge in [0.25, 0.3) is 5.69 Å². The number of nitrogens with zero attached hydrogens (tertiary/aromatic N) is 2. The smallest absolute Gasteiger partial charge is 0.273 e. The van der Waals surface area contributed by atoms with Gasteiger partial charge in [0.2, 0.25) is 5.88 Å². The van der Waals surface area contributed by atoms with Crippen molar-refractivity contribution in [3.63, 3.8) is 0 Å². The minimum atomic E-state index is -1.35. The first kappa shape index (κ1) is 26.8. The standard InChI is InChI=1S/C23H18Cl4N2O6/c24-17-12-15(33-10-8-21(26)27)13-18(25)16(17)5-7-23(30)35-20-11-14(29(31)32)4-6-19(20)34-22-3-1-2-9-28-22/h1-4,6,8-9,11-13,23,30H,5,7,10H2. The zero-order valence-electron chi connectivity index (χ0n) is 17.9. The van der Waals surface area contributed by atoms with E-state index in [-0.39, 0.29) is 47.0 Å². The molecule has 0 aliphatic rings. The summed E-state index contributed by atoms with van der Waals surface area (Å²) in [4.78, 5) is 14.7. The van der Waals surface area contributed by atoms with Gasteiger partial charge >= 0.3 is 0 Å². The fourth-order valence-electron chi connectivity index (χ4n) is 2.88. The zero-order valence-corrected chi connectivity index (χ0v) is 20.9. The van der Waals surface area contributed by atoms with E-state index in [1.165, 1.54) is 24.4 Å². The number of aliphatic hydroxyl groups excluding tert-OH is 1. The quantitative estimate of drug-likeness (QED) is 0.151. The predicted molar refractivity (Wildman–Crippen MR) is 134 cm³/mol. The molecule has 3 aromatic rings. The van der Waals surface area contributed by atoms with Gasteiger partial charge in [0, 0.05) is 34.8 Å². The van der Waals surface area contributed by atoms with Gasteiger partial charge in [0.1, 0.15) is 16.8 Å². The van der Waals surface area contributed by atoms with Gasteiger partial charge in [0.15, 0.2) is 17.8 Å². The van der Waals surface area contributed by atoms with Crippen LogP contribution >= 0.6 is 46.4 Å². The summed E-state index contributed by atoms with van der Waals surface area (Å²) in [5.41, 5.74) is 0.339. The lowest BCUT2D eigenvalue weighted by Gasteiger charge is -2.17. The maximum Gasteiger partial charge on any atom is 0.273 e. The maximum atomic E-state index is 11.2. The second-order valence-electron chi connectivity index (χ2n) is 6.94. The molecule has 1 aromatic heterocycles. The van der Waals surface area contributed by atoms with Crippen LogP contribution in [0, 0.1) is 10.1 Å². The number of benzene rings is 2. The number of aromatic nitrogens is 1. The summed E-state index contributed by atoms with van der Waals surface area (Å²) in [6, 6.07) is 12.0. The molecule has 1 unspecified atom stereocenters. The van der Waals surface area contributed by atoms with Crippen molar-refractivity contribution < 1.29 is 24.2 Å². The highest BCUT2D eigenvalue weighted by Crippen LogP contribution is 2.36. The molecule has 0 bridgehead atoms. The van der Waals surface area contributed by atoms with E-state index in [0.29, 0.717) is 21.4 Å². The molecule has 0 aliphatic carbocycles. The number of hydrogen-bond donors (Lipinski definition) is 1. The van der Waals surface area contributed by atoms with E-state index in [1.807, 2.05) is 0 Å². The summed E-state index contributed by atoms with van der Waals surface area (Å²) in [6.07, 6.45) is 1.98. The molecule has 1 heterocycles. The summed E-state index contributed by atoms with van der Waals surface area (Å²) in [7, 11) is 0. The van der Waals surface area contributed by atoms with Crippen LogP contribution < -0.4 is 14.2 Å². The Morgan fingerprint density at radius 1 is 1.11 bits per heavy atom. The van der Waals surface area contributed by atoms with E-state index < -0.39 is 11.2 Å². The average Bonchev–Trinajstić information content (AvgIpc) is 2.80. The lowest BCUT2D eigenvalue weighted by molar-refractivity contribution is -0.385. The molecule has 0 spiro atoms. The molecule has 2 aromatic carbocycles. The van der Waals surface area contributed by atoms with E-state index in [9.17, 15) is 15.2 Å². The van der Waals surface area contributed by atoms with Crippen molar-refractivity contribution in [1.82, 2.24) is 4.98 Å². The van der Waals surface area contributed by atoms with Gasteiger partial charge in [-0.1, -0.05) is 52.5 Å². The number of nitro benzene ring substituents is 1. The molecule has 0 saturated heterocycles. The molecular weight excluding hydrogens is 542 g/mol. The summed E-state index contributed by atoms with van der Waals surface area (Å²) in [6.45, 7) is 0.132. The monoisotopic (exact) mass is 558 g/mol. The Morgan fingerprint density at radius 2 is 1.86 bits per heavy atom.